The third-order valence-corrected chi connectivity index (χ3v) is 4.47. The minimum absolute atomic E-state index is 0.249. The predicted octanol–water partition coefficient (Wildman–Crippen LogP) is -0.266. The maximum Gasteiger partial charge on any atom is 0.323 e. The van der Waals surface area contributed by atoms with Gasteiger partial charge in [-0.3, -0.25) is 9.59 Å². The summed E-state index contributed by atoms with van der Waals surface area (Å²) in [7, 11) is -3.45. The van der Waals surface area contributed by atoms with Crippen LogP contribution in [0.1, 0.15) is 26.2 Å². The second-order valence-electron chi connectivity index (χ2n) is 4.63. The molecule has 1 rings (SSSR count). The minimum Gasteiger partial charge on any atom is -0.480 e. The lowest BCUT2D eigenvalue weighted by Gasteiger charge is -2.35. The van der Waals surface area contributed by atoms with Gasteiger partial charge in [-0.05, 0) is 19.8 Å². The maximum atomic E-state index is 12.3. The number of hydrogen-bond donors (Lipinski definition) is 1. The van der Waals surface area contributed by atoms with Crippen molar-refractivity contribution in [1.82, 2.24) is 9.21 Å². The first-order valence-electron chi connectivity index (χ1n) is 6.24. The van der Waals surface area contributed by atoms with E-state index in [4.69, 9.17) is 5.11 Å². The van der Waals surface area contributed by atoms with Gasteiger partial charge < -0.3 is 10.0 Å². The zero-order chi connectivity index (χ0) is 14.6. The zero-order valence-corrected chi connectivity index (χ0v) is 12.0. The number of sulfonamides is 1. The smallest absolute Gasteiger partial charge is 0.323 e. The molecule has 7 nitrogen and oxygen atoms in total. The number of carboxylic acid groups (broad SMARTS) is 1. The molecule has 0 saturated carbocycles. The highest BCUT2D eigenvalue weighted by Crippen LogP contribution is 2.21. The summed E-state index contributed by atoms with van der Waals surface area (Å²) in [6.07, 6.45) is 3.02. The van der Waals surface area contributed by atoms with E-state index in [9.17, 15) is 18.0 Å². The maximum absolute atomic E-state index is 12.3. The fraction of sp³-hybridized carbons (Fsp3) is 0.818. The number of carboxylic acids is 1. The number of piperidine rings is 1. The Balaban J connectivity index is 2.90. The van der Waals surface area contributed by atoms with E-state index in [-0.39, 0.29) is 6.54 Å². The molecule has 0 aliphatic carbocycles. The molecule has 0 spiro atoms. The molecule has 0 bridgehead atoms. The van der Waals surface area contributed by atoms with Crippen molar-refractivity contribution in [3.63, 3.8) is 0 Å². The van der Waals surface area contributed by atoms with Crippen molar-refractivity contribution in [2.75, 3.05) is 25.9 Å². The number of rotatable bonds is 5. The van der Waals surface area contributed by atoms with Gasteiger partial charge in [0.05, 0.1) is 6.26 Å². The number of hydrogen-bond acceptors (Lipinski definition) is 4. The molecule has 0 radical (unpaired) electrons. The van der Waals surface area contributed by atoms with Crippen molar-refractivity contribution in [2.45, 2.75) is 32.2 Å². The van der Waals surface area contributed by atoms with Crippen molar-refractivity contribution in [1.29, 1.82) is 0 Å². The van der Waals surface area contributed by atoms with E-state index in [1.807, 2.05) is 0 Å². The second kappa shape index (κ2) is 6.33. The number of nitrogens with zero attached hydrogens (tertiary/aromatic N) is 2. The van der Waals surface area contributed by atoms with Crippen LogP contribution >= 0.6 is 0 Å². The first-order valence-corrected chi connectivity index (χ1v) is 8.09. The van der Waals surface area contributed by atoms with Gasteiger partial charge in [0, 0.05) is 13.1 Å². The summed E-state index contributed by atoms with van der Waals surface area (Å²) in [4.78, 5) is 24.2. The average Bonchev–Trinajstić information content (AvgIpc) is 2.34. The first-order chi connectivity index (χ1) is 8.77. The normalized spacial score (nSPS) is 21.1. The number of aliphatic carboxylic acids is 1. The van der Waals surface area contributed by atoms with Crippen LogP contribution in [0.2, 0.25) is 0 Å². The van der Waals surface area contributed by atoms with E-state index in [0.717, 1.165) is 19.1 Å². The lowest BCUT2D eigenvalue weighted by atomic mass is 10.0. The van der Waals surface area contributed by atoms with E-state index in [1.54, 1.807) is 6.92 Å². The second-order valence-corrected chi connectivity index (χ2v) is 6.57. The number of carbonyl (C=O) groups excluding carboxylic acids is 1. The first kappa shape index (κ1) is 15.9. The molecule has 8 heteroatoms. The molecule has 110 valence electrons. The standard InChI is InChI=1S/C11H20N2O5S/c1-3-12(8-10(14)15)11(16)9-6-4-5-7-13(9)19(2,17)18/h9H,3-8H2,1-2H3,(H,14,15). The van der Waals surface area contributed by atoms with Crippen LogP contribution in [-0.4, -0.2) is 66.5 Å². The van der Waals surface area contributed by atoms with Crippen molar-refractivity contribution >= 4 is 21.9 Å². The van der Waals surface area contributed by atoms with Gasteiger partial charge in [0.25, 0.3) is 0 Å². The Labute approximate surface area is 113 Å². The fourth-order valence-corrected chi connectivity index (χ4v) is 3.39. The molecule has 1 unspecified atom stereocenters. The average molecular weight is 292 g/mol. The topological polar surface area (TPSA) is 95.0 Å². The van der Waals surface area contributed by atoms with Gasteiger partial charge >= 0.3 is 5.97 Å². The van der Waals surface area contributed by atoms with Crippen LogP contribution in [0.3, 0.4) is 0 Å². The van der Waals surface area contributed by atoms with Crippen molar-refractivity contribution in [3.8, 4) is 0 Å². The monoisotopic (exact) mass is 292 g/mol. The highest BCUT2D eigenvalue weighted by molar-refractivity contribution is 7.88. The molecule has 1 aliphatic heterocycles. The van der Waals surface area contributed by atoms with Crippen LogP contribution in [0.4, 0.5) is 0 Å². The van der Waals surface area contributed by atoms with E-state index < -0.39 is 34.5 Å². The Bertz CT molecular complexity index is 448. The molecular formula is C11H20N2O5S. The summed E-state index contributed by atoms with van der Waals surface area (Å²) in [6, 6.07) is -0.761. The largest absolute Gasteiger partial charge is 0.480 e. The fourth-order valence-electron chi connectivity index (χ4n) is 2.27. The third kappa shape index (κ3) is 4.17. The lowest BCUT2D eigenvalue weighted by Crippen LogP contribution is -2.53. The third-order valence-electron chi connectivity index (χ3n) is 3.18. The number of likely N-dealkylation sites (N-methyl/N-ethyl adjacent to an activating group) is 1. The number of amides is 1. The molecule has 1 atom stereocenters. The molecule has 1 amide bonds. The zero-order valence-electron chi connectivity index (χ0n) is 11.2. The van der Waals surface area contributed by atoms with Crippen LogP contribution < -0.4 is 0 Å². The van der Waals surface area contributed by atoms with Gasteiger partial charge in [-0.25, -0.2) is 8.42 Å². The molecule has 0 aromatic rings. The van der Waals surface area contributed by atoms with Crippen LogP contribution in [0.15, 0.2) is 0 Å². The van der Waals surface area contributed by atoms with E-state index in [0.29, 0.717) is 13.0 Å². The molecule has 19 heavy (non-hydrogen) atoms. The van der Waals surface area contributed by atoms with E-state index in [2.05, 4.69) is 0 Å². The molecule has 1 aliphatic rings. The molecule has 1 saturated heterocycles. The summed E-state index contributed by atoms with van der Waals surface area (Å²) < 4.78 is 24.5. The van der Waals surface area contributed by atoms with Crippen molar-refractivity contribution in [3.05, 3.63) is 0 Å². The lowest BCUT2D eigenvalue weighted by molar-refractivity contribution is -0.146. The van der Waals surface area contributed by atoms with Crippen molar-refractivity contribution < 1.29 is 23.1 Å². The number of carbonyl (C=O) groups is 2. The van der Waals surface area contributed by atoms with Gasteiger partial charge in [0.1, 0.15) is 12.6 Å². The quantitative estimate of drug-likeness (QED) is 0.753. The predicted molar refractivity (Wildman–Crippen MR) is 69.1 cm³/mol. The van der Waals surface area contributed by atoms with E-state index >= 15 is 0 Å². The Morgan fingerprint density at radius 1 is 1.37 bits per heavy atom. The molecule has 1 N–H and O–H groups in total. The molecule has 0 aromatic carbocycles. The summed E-state index contributed by atoms with van der Waals surface area (Å²) in [5.41, 5.74) is 0. The Hall–Kier alpha value is -1.15. The molecular weight excluding hydrogens is 272 g/mol. The van der Waals surface area contributed by atoms with Gasteiger partial charge in [0.15, 0.2) is 0 Å². The van der Waals surface area contributed by atoms with Gasteiger partial charge in [-0.1, -0.05) is 6.42 Å². The SMILES string of the molecule is CCN(CC(=O)O)C(=O)C1CCCCN1S(C)(=O)=O. The molecule has 1 fully saturated rings. The van der Waals surface area contributed by atoms with Crippen LogP contribution in [-0.2, 0) is 19.6 Å². The minimum atomic E-state index is -3.45. The Kier molecular flexibility index (Phi) is 5.30. The van der Waals surface area contributed by atoms with Crippen LogP contribution in [0, 0.1) is 0 Å². The molecule has 0 aromatic heterocycles. The Morgan fingerprint density at radius 2 is 2.00 bits per heavy atom. The van der Waals surface area contributed by atoms with Gasteiger partial charge in [0.2, 0.25) is 15.9 Å². The van der Waals surface area contributed by atoms with E-state index in [1.165, 1.54) is 9.21 Å². The van der Waals surface area contributed by atoms with Gasteiger partial charge in [-0.15, -0.1) is 0 Å². The Morgan fingerprint density at radius 3 is 2.47 bits per heavy atom. The summed E-state index contributed by atoms with van der Waals surface area (Å²) >= 11 is 0. The summed E-state index contributed by atoms with van der Waals surface area (Å²) in [5, 5.41) is 8.76. The molecule has 1 heterocycles. The van der Waals surface area contributed by atoms with Crippen molar-refractivity contribution in [2.24, 2.45) is 0 Å². The summed E-state index contributed by atoms with van der Waals surface area (Å²) in [5.74, 6) is -1.52. The van der Waals surface area contributed by atoms with Crippen LogP contribution in [0.5, 0.6) is 0 Å². The highest BCUT2D eigenvalue weighted by Gasteiger charge is 2.36. The van der Waals surface area contributed by atoms with Crippen LogP contribution in [0.25, 0.3) is 0 Å². The van der Waals surface area contributed by atoms with Gasteiger partial charge in [-0.2, -0.15) is 4.31 Å². The summed E-state index contributed by atoms with van der Waals surface area (Å²) in [6.45, 7) is 1.84. The highest BCUT2D eigenvalue weighted by atomic mass is 32.2.